The quantitative estimate of drug-likeness (QED) is 0.256. The van der Waals surface area contributed by atoms with Gasteiger partial charge in [0.05, 0.1) is 17.3 Å². The van der Waals surface area contributed by atoms with E-state index in [1.54, 1.807) is 11.5 Å². The molecule has 0 radical (unpaired) electrons. The fourth-order valence-electron chi connectivity index (χ4n) is 3.26. The number of hydrogen-bond donors (Lipinski definition) is 5. The summed E-state index contributed by atoms with van der Waals surface area (Å²) in [6.07, 6.45) is 2.90. The van der Waals surface area contributed by atoms with Crippen LogP contribution < -0.4 is 21.8 Å². The molecule has 0 spiro atoms. The molecular weight excluding hydrogens is 348 g/mol. The highest BCUT2D eigenvalue weighted by molar-refractivity contribution is 6.03. The zero-order valence-corrected chi connectivity index (χ0v) is 15.7. The van der Waals surface area contributed by atoms with Gasteiger partial charge in [-0.15, -0.1) is 0 Å². The number of primary amides is 1. The van der Waals surface area contributed by atoms with E-state index in [9.17, 15) is 14.4 Å². The Kier molecular flexibility index (Phi) is 7.18. The summed E-state index contributed by atoms with van der Waals surface area (Å²) in [4.78, 5) is 35.1. The van der Waals surface area contributed by atoms with Crippen molar-refractivity contribution in [2.75, 3.05) is 10.6 Å². The monoisotopic (exact) mass is 376 g/mol. The first kappa shape index (κ1) is 20.7. The molecule has 148 valence electrons. The molecule has 8 heteroatoms. The minimum atomic E-state index is -0.457. The number of nitrogens with one attached hydrogen (secondary N) is 3. The molecule has 0 aliphatic carbocycles. The fourth-order valence-corrected chi connectivity index (χ4v) is 3.26. The number of hydroxylamine groups is 1. The Morgan fingerprint density at radius 1 is 1.22 bits per heavy atom. The molecule has 1 aliphatic rings. The molecule has 1 aliphatic heterocycles. The summed E-state index contributed by atoms with van der Waals surface area (Å²) >= 11 is 0. The van der Waals surface area contributed by atoms with Crippen molar-refractivity contribution >= 4 is 29.1 Å². The molecule has 1 heterocycles. The van der Waals surface area contributed by atoms with Crippen LogP contribution in [0, 0.1) is 5.92 Å². The maximum absolute atomic E-state index is 12.2. The van der Waals surface area contributed by atoms with Gasteiger partial charge in [0.2, 0.25) is 17.7 Å². The molecule has 1 unspecified atom stereocenters. The first-order valence-corrected chi connectivity index (χ1v) is 9.27. The average molecular weight is 376 g/mol. The second-order valence-electron chi connectivity index (χ2n) is 7.25. The molecule has 2 rings (SSSR count). The Morgan fingerprint density at radius 2 is 1.96 bits per heavy atom. The number of nitrogens with two attached hydrogens (primary N) is 1. The number of fused-ring (bicyclic) bond motifs is 1. The summed E-state index contributed by atoms with van der Waals surface area (Å²) in [5.41, 5.74) is 9.42. The number of hydrogen-bond acceptors (Lipinski definition) is 5. The van der Waals surface area contributed by atoms with E-state index in [4.69, 9.17) is 10.9 Å². The van der Waals surface area contributed by atoms with Crippen LogP contribution in [0.1, 0.15) is 57.4 Å². The molecule has 1 aromatic rings. The van der Waals surface area contributed by atoms with Crippen molar-refractivity contribution in [3.63, 3.8) is 0 Å². The van der Waals surface area contributed by atoms with Crippen LogP contribution in [0.3, 0.4) is 0 Å². The van der Waals surface area contributed by atoms with Crippen molar-refractivity contribution in [2.24, 2.45) is 11.7 Å². The van der Waals surface area contributed by atoms with E-state index in [0.29, 0.717) is 18.5 Å². The average Bonchev–Trinajstić information content (AvgIpc) is 2.62. The second-order valence-corrected chi connectivity index (χ2v) is 7.25. The lowest BCUT2D eigenvalue weighted by Crippen LogP contribution is -2.42. The van der Waals surface area contributed by atoms with E-state index < -0.39 is 17.7 Å². The van der Waals surface area contributed by atoms with Gasteiger partial charge in [-0.3, -0.25) is 19.6 Å². The lowest BCUT2D eigenvalue weighted by atomic mass is 9.91. The summed E-state index contributed by atoms with van der Waals surface area (Å²) in [7, 11) is 0. The lowest BCUT2D eigenvalue weighted by molar-refractivity contribution is -0.129. The van der Waals surface area contributed by atoms with E-state index in [-0.39, 0.29) is 24.3 Å². The van der Waals surface area contributed by atoms with Crippen LogP contribution >= 0.6 is 0 Å². The lowest BCUT2D eigenvalue weighted by Gasteiger charge is -2.30. The fraction of sp³-hybridized carbons (Fsp3) is 0.526. The van der Waals surface area contributed by atoms with Crippen LogP contribution in [-0.4, -0.2) is 29.0 Å². The van der Waals surface area contributed by atoms with Crippen molar-refractivity contribution in [3.05, 3.63) is 23.8 Å². The van der Waals surface area contributed by atoms with Crippen LogP contribution in [0.4, 0.5) is 11.4 Å². The Bertz CT molecular complexity index is 705. The van der Waals surface area contributed by atoms with Crippen molar-refractivity contribution < 1.29 is 19.6 Å². The van der Waals surface area contributed by atoms with Gasteiger partial charge in [-0.25, -0.2) is 5.48 Å². The van der Waals surface area contributed by atoms with Crippen molar-refractivity contribution in [3.8, 4) is 0 Å². The predicted octanol–water partition coefficient (Wildman–Crippen LogP) is 2.10. The highest BCUT2D eigenvalue weighted by Gasteiger charge is 2.29. The molecule has 2 atom stereocenters. The molecule has 6 N–H and O–H groups in total. The van der Waals surface area contributed by atoms with Gasteiger partial charge in [-0.1, -0.05) is 32.8 Å². The Balaban J connectivity index is 2.02. The van der Waals surface area contributed by atoms with Crippen LogP contribution in [0.2, 0.25) is 0 Å². The van der Waals surface area contributed by atoms with E-state index in [1.165, 1.54) is 0 Å². The molecule has 0 saturated heterocycles. The van der Waals surface area contributed by atoms with Gasteiger partial charge in [0.1, 0.15) is 6.04 Å². The van der Waals surface area contributed by atoms with Crippen LogP contribution in [0.25, 0.3) is 0 Å². The Labute approximate surface area is 158 Å². The smallest absolute Gasteiger partial charge is 0.247 e. The number of rotatable bonds is 9. The van der Waals surface area contributed by atoms with Gasteiger partial charge in [-0.05, 0) is 36.5 Å². The predicted molar refractivity (Wildman–Crippen MR) is 102 cm³/mol. The van der Waals surface area contributed by atoms with E-state index >= 15 is 0 Å². The molecule has 3 amide bonds. The number of carbonyl (C=O) groups is 3. The zero-order chi connectivity index (χ0) is 20.0. The van der Waals surface area contributed by atoms with Gasteiger partial charge in [0, 0.05) is 6.42 Å². The third-order valence-corrected chi connectivity index (χ3v) is 4.83. The molecular formula is C19H28N4O4. The third-order valence-electron chi connectivity index (χ3n) is 4.83. The maximum Gasteiger partial charge on any atom is 0.247 e. The van der Waals surface area contributed by atoms with Gasteiger partial charge >= 0.3 is 0 Å². The number of unbranched alkanes of at least 4 members (excludes halogenated alkanes) is 2. The number of anilines is 2. The SMILES string of the molecule is CC(C)[C@H]1Nc2ccc(C(CCCCCC(=O)NO)C(N)=O)cc2NC1=O. The van der Waals surface area contributed by atoms with Crippen LogP contribution in [0.15, 0.2) is 18.2 Å². The minimum Gasteiger partial charge on any atom is -0.372 e. The van der Waals surface area contributed by atoms with Gasteiger partial charge in [0.25, 0.3) is 0 Å². The molecule has 0 saturated carbocycles. The second kappa shape index (κ2) is 9.36. The zero-order valence-electron chi connectivity index (χ0n) is 15.7. The molecule has 0 bridgehead atoms. The summed E-state index contributed by atoms with van der Waals surface area (Å²) < 4.78 is 0. The highest BCUT2D eigenvalue weighted by Crippen LogP contribution is 2.33. The first-order valence-electron chi connectivity index (χ1n) is 9.27. The number of amides is 3. The van der Waals surface area contributed by atoms with E-state index in [2.05, 4.69) is 10.6 Å². The van der Waals surface area contributed by atoms with E-state index in [0.717, 1.165) is 24.1 Å². The van der Waals surface area contributed by atoms with Crippen molar-refractivity contribution in [2.45, 2.75) is 57.9 Å². The molecule has 0 fully saturated rings. The van der Waals surface area contributed by atoms with Crippen molar-refractivity contribution in [1.82, 2.24) is 5.48 Å². The molecule has 8 nitrogen and oxygen atoms in total. The van der Waals surface area contributed by atoms with E-state index in [1.807, 2.05) is 26.0 Å². The first-order chi connectivity index (χ1) is 12.8. The van der Waals surface area contributed by atoms with Crippen LogP contribution in [-0.2, 0) is 14.4 Å². The molecule has 0 aromatic heterocycles. The van der Waals surface area contributed by atoms with Crippen molar-refractivity contribution in [1.29, 1.82) is 0 Å². The Morgan fingerprint density at radius 3 is 2.59 bits per heavy atom. The van der Waals surface area contributed by atoms with Gasteiger partial charge in [0.15, 0.2) is 0 Å². The summed E-state index contributed by atoms with van der Waals surface area (Å²) in [5, 5.41) is 14.6. The molecule has 27 heavy (non-hydrogen) atoms. The maximum atomic E-state index is 12.2. The number of benzene rings is 1. The topological polar surface area (TPSA) is 134 Å². The summed E-state index contributed by atoms with van der Waals surface area (Å²) in [6.45, 7) is 3.95. The number of carbonyl (C=O) groups excluding carboxylic acids is 3. The normalized spacial score (nSPS) is 16.9. The van der Waals surface area contributed by atoms with Gasteiger partial charge in [-0.2, -0.15) is 0 Å². The summed E-state index contributed by atoms with van der Waals surface area (Å²) in [5.74, 6) is -1.23. The minimum absolute atomic E-state index is 0.0903. The van der Waals surface area contributed by atoms with Crippen LogP contribution in [0.5, 0.6) is 0 Å². The highest BCUT2D eigenvalue weighted by atomic mass is 16.5. The largest absolute Gasteiger partial charge is 0.372 e. The summed E-state index contributed by atoms with van der Waals surface area (Å²) in [6, 6.07) is 5.23. The standard InChI is InChI=1S/C19H28N4O4/c1-11(2)17-19(26)22-15-10-12(8-9-14(15)21-17)13(18(20)25)6-4-3-5-7-16(24)23-27/h8-11,13,17,21,27H,3-7H2,1-2H3,(H2,20,25)(H,22,26)(H,23,24)/t13?,17-/m1/s1. The Hall–Kier alpha value is -2.61. The van der Waals surface area contributed by atoms with Gasteiger partial charge < -0.3 is 16.4 Å². The third kappa shape index (κ3) is 5.43. The molecule has 1 aromatic carbocycles.